The third-order valence-electron chi connectivity index (χ3n) is 0.167. The molecule has 8 heavy (non-hydrogen) atoms. The fourth-order valence-corrected chi connectivity index (χ4v) is 0. The van der Waals surface area contributed by atoms with E-state index in [1.807, 2.05) is 0 Å². The Labute approximate surface area is 44.0 Å². The molecule has 0 amide bonds. The molecule has 0 aromatic carbocycles. The van der Waals surface area contributed by atoms with E-state index in [4.69, 9.17) is 19.8 Å². The van der Waals surface area contributed by atoms with Gasteiger partial charge in [0.1, 0.15) is 0 Å². The van der Waals surface area contributed by atoms with Crippen molar-refractivity contribution >= 4 is 11.9 Å². The molecule has 0 aliphatic heterocycles. The number of rotatable bonds is 0. The lowest BCUT2D eigenvalue weighted by Crippen LogP contribution is -2.42. The maximum absolute atomic E-state index is 8.93. The monoisotopic (exact) mass is 124 g/mol. The van der Waals surface area contributed by atoms with Crippen molar-refractivity contribution in [1.82, 2.24) is 0 Å². The number of hydrogen-bond acceptors (Lipinski definition) is 4. The molecule has 0 rings (SSSR count). The minimum absolute atomic E-state index is 0. The van der Waals surface area contributed by atoms with Crippen LogP contribution in [0.3, 0.4) is 0 Å². The van der Waals surface area contributed by atoms with Gasteiger partial charge in [0.05, 0.1) is 11.9 Å². The predicted octanol–water partition coefficient (Wildman–Crippen LogP) is -5.16. The van der Waals surface area contributed by atoms with Gasteiger partial charge in [-0.1, -0.05) is 0 Å². The number of carbonyl (C=O) groups is 2. The summed E-state index contributed by atoms with van der Waals surface area (Å²) in [4.78, 5) is 17.9. The molecular weight excluding hydrogens is 120 g/mol. The van der Waals surface area contributed by atoms with Crippen LogP contribution in [0.15, 0.2) is 0 Å². The van der Waals surface area contributed by atoms with Gasteiger partial charge in [0.15, 0.2) is 0 Å². The summed E-state index contributed by atoms with van der Waals surface area (Å²) in [5.41, 5.74) is 0. The van der Waals surface area contributed by atoms with Gasteiger partial charge in [-0.05, 0) is 0 Å². The molecule has 4 N–H and O–H groups in total. The summed E-state index contributed by atoms with van der Waals surface area (Å²) < 4.78 is 0. The van der Waals surface area contributed by atoms with Crippen molar-refractivity contribution in [3.63, 3.8) is 0 Å². The molecule has 0 aromatic rings. The van der Waals surface area contributed by atoms with Crippen LogP contribution in [0.25, 0.3) is 0 Å². The average Bonchev–Trinajstić information content (AvgIpc) is 1.36. The largest absolute Gasteiger partial charge is 0.543 e. The second kappa shape index (κ2) is 5.86. The van der Waals surface area contributed by atoms with Crippen LogP contribution in [0, 0.1) is 0 Å². The van der Waals surface area contributed by atoms with Crippen molar-refractivity contribution < 1.29 is 30.8 Å². The number of aliphatic carboxylic acids is 2. The highest BCUT2D eigenvalue weighted by Gasteiger charge is 1.74. The molecule has 50 valence electrons. The minimum atomic E-state index is -2.19. The Bertz CT molecular complexity index is 72.5. The van der Waals surface area contributed by atoms with Gasteiger partial charge in [-0.3, -0.25) is 0 Å². The standard InChI is InChI=1S/C2H2O4.2H2O/c3-1(4)2(5)6;;/h(H,3,4)(H,5,6);2*1H2/p-2. The van der Waals surface area contributed by atoms with Crippen LogP contribution in [-0.2, 0) is 9.59 Å². The highest BCUT2D eigenvalue weighted by molar-refractivity contribution is 6.25. The first-order chi connectivity index (χ1) is 2.64. The summed E-state index contributed by atoms with van der Waals surface area (Å²) in [5, 5.41) is 17.9. The topological polar surface area (TPSA) is 143 Å². The Kier molecular flexibility index (Phi) is 11.6. The van der Waals surface area contributed by atoms with Crippen LogP contribution in [0.5, 0.6) is 0 Å². The van der Waals surface area contributed by atoms with E-state index in [-0.39, 0.29) is 11.0 Å². The average molecular weight is 124 g/mol. The highest BCUT2D eigenvalue weighted by Crippen LogP contribution is 1.41. The van der Waals surface area contributed by atoms with Crippen LogP contribution < -0.4 is 10.2 Å². The molecule has 0 radical (unpaired) electrons. The summed E-state index contributed by atoms with van der Waals surface area (Å²) in [6.45, 7) is 0. The zero-order valence-corrected chi connectivity index (χ0v) is 3.63. The molecule has 0 fully saturated rings. The molecule has 0 unspecified atom stereocenters. The molecule has 6 heteroatoms. The second-order valence-electron chi connectivity index (χ2n) is 0.575. The third-order valence-corrected chi connectivity index (χ3v) is 0.167. The summed E-state index contributed by atoms with van der Waals surface area (Å²) in [6, 6.07) is 0. The van der Waals surface area contributed by atoms with Gasteiger partial charge in [-0.2, -0.15) is 0 Å². The molecule has 0 saturated carbocycles. The lowest BCUT2D eigenvalue weighted by Gasteiger charge is -1.97. The van der Waals surface area contributed by atoms with Gasteiger partial charge in [0.2, 0.25) is 0 Å². The van der Waals surface area contributed by atoms with E-state index in [2.05, 4.69) is 0 Å². The highest BCUT2D eigenvalue weighted by atomic mass is 16.4. The van der Waals surface area contributed by atoms with Gasteiger partial charge in [-0.15, -0.1) is 0 Å². The van der Waals surface area contributed by atoms with E-state index in [0.29, 0.717) is 0 Å². The van der Waals surface area contributed by atoms with Crippen molar-refractivity contribution in [3.8, 4) is 0 Å². The minimum Gasteiger partial charge on any atom is -0.543 e. The van der Waals surface area contributed by atoms with Gasteiger partial charge in [0.25, 0.3) is 0 Å². The fraction of sp³-hybridized carbons (Fsp3) is 0. The Morgan fingerprint density at radius 2 is 1.00 bits per heavy atom. The van der Waals surface area contributed by atoms with Crippen LogP contribution in [0.2, 0.25) is 0 Å². The third kappa shape index (κ3) is 8.85. The number of hydrogen-bond donors (Lipinski definition) is 0. The van der Waals surface area contributed by atoms with Gasteiger partial charge in [0, 0.05) is 0 Å². The van der Waals surface area contributed by atoms with E-state index < -0.39 is 11.9 Å². The van der Waals surface area contributed by atoms with Crippen molar-refractivity contribution in [2.75, 3.05) is 0 Å². The van der Waals surface area contributed by atoms with E-state index in [1.54, 1.807) is 0 Å². The normalized spacial score (nSPS) is 5.50. The lowest BCUT2D eigenvalue weighted by molar-refractivity contribution is -0.345. The lowest BCUT2D eigenvalue weighted by atomic mass is 10.7. The molecule has 0 heterocycles. The van der Waals surface area contributed by atoms with Crippen LogP contribution in [0.1, 0.15) is 0 Å². The molecule has 0 spiro atoms. The SMILES string of the molecule is O.O.O=C([O-])C(=O)[O-]. The first-order valence-electron chi connectivity index (χ1n) is 1.07. The second-order valence-corrected chi connectivity index (χ2v) is 0.575. The Hall–Kier alpha value is -1.14. The molecule has 0 atom stereocenters. The van der Waals surface area contributed by atoms with E-state index >= 15 is 0 Å². The number of carboxylic acids is 2. The zero-order valence-electron chi connectivity index (χ0n) is 3.63. The van der Waals surface area contributed by atoms with E-state index in [0.717, 1.165) is 0 Å². The van der Waals surface area contributed by atoms with E-state index in [9.17, 15) is 0 Å². The summed E-state index contributed by atoms with van der Waals surface area (Å²) in [6.07, 6.45) is 0. The molecule has 0 saturated heterocycles. The molecule has 0 bridgehead atoms. The molecular formula is C2H4O6-2. The van der Waals surface area contributed by atoms with Crippen molar-refractivity contribution in [3.05, 3.63) is 0 Å². The summed E-state index contributed by atoms with van der Waals surface area (Å²) >= 11 is 0. The van der Waals surface area contributed by atoms with Crippen molar-refractivity contribution in [2.45, 2.75) is 0 Å². The van der Waals surface area contributed by atoms with Crippen molar-refractivity contribution in [2.24, 2.45) is 0 Å². The number of carboxylic acid groups (broad SMARTS) is 2. The Morgan fingerprint density at radius 3 is 1.00 bits per heavy atom. The first-order valence-corrected chi connectivity index (χ1v) is 1.07. The Balaban J connectivity index is -0.000000125. The zero-order chi connectivity index (χ0) is 5.15. The quantitative estimate of drug-likeness (QED) is 0.297. The predicted molar refractivity (Wildman–Crippen MR) is 17.2 cm³/mol. The van der Waals surface area contributed by atoms with E-state index in [1.165, 1.54) is 0 Å². The molecule has 0 aliphatic rings. The van der Waals surface area contributed by atoms with Crippen LogP contribution in [0.4, 0.5) is 0 Å². The Morgan fingerprint density at radius 1 is 0.875 bits per heavy atom. The molecule has 0 aromatic heterocycles. The summed E-state index contributed by atoms with van der Waals surface area (Å²) in [7, 11) is 0. The first kappa shape index (κ1) is 15.8. The van der Waals surface area contributed by atoms with Gasteiger partial charge < -0.3 is 30.8 Å². The maximum atomic E-state index is 8.93. The van der Waals surface area contributed by atoms with Gasteiger partial charge >= 0.3 is 0 Å². The number of carbonyl (C=O) groups excluding carboxylic acids is 2. The fourth-order valence-electron chi connectivity index (χ4n) is 0. The molecule has 6 nitrogen and oxygen atoms in total. The maximum Gasteiger partial charge on any atom is 0.0870 e. The van der Waals surface area contributed by atoms with Gasteiger partial charge in [-0.25, -0.2) is 0 Å². The van der Waals surface area contributed by atoms with Crippen LogP contribution in [-0.4, -0.2) is 22.9 Å². The van der Waals surface area contributed by atoms with Crippen molar-refractivity contribution in [1.29, 1.82) is 0 Å². The van der Waals surface area contributed by atoms with Crippen LogP contribution >= 0.6 is 0 Å². The summed E-state index contributed by atoms with van der Waals surface area (Å²) in [5.74, 6) is -4.37. The molecule has 0 aliphatic carbocycles. The smallest absolute Gasteiger partial charge is 0.0870 e.